The second-order valence-electron chi connectivity index (χ2n) is 2.27. The van der Waals surface area contributed by atoms with Gasteiger partial charge in [-0.25, -0.2) is 0 Å². The molecule has 0 fully saturated rings. The fourth-order valence-electron chi connectivity index (χ4n) is 0.610. The van der Waals surface area contributed by atoms with Crippen LogP contribution in [0.15, 0.2) is 10.2 Å². The highest BCUT2D eigenvalue weighted by Crippen LogP contribution is 2.13. The van der Waals surface area contributed by atoms with Crippen LogP contribution >= 0.6 is 0 Å². The number of carbonyl (C=O) groups excluding carboxylic acids is 2. The third-order valence-electron chi connectivity index (χ3n) is 1.30. The van der Waals surface area contributed by atoms with E-state index in [2.05, 4.69) is 20.3 Å². The fraction of sp³-hybridized carbons (Fsp3) is 0.667. The summed E-state index contributed by atoms with van der Waals surface area (Å²) in [5.74, 6) is -0.705. The van der Waals surface area contributed by atoms with Crippen LogP contribution in [0.5, 0.6) is 0 Å². The predicted octanol–water partition coefficient (Wildman–Crippen LogP) is -0.542. The van der Waals surface area contributed by atoms with Gasteiger partial charge in [0, 0.05) is 0 Å². The zero-order valence-electron chi connectivity index (χ0n) is 6.61. The van der Waals surface area contributed by atoms with Crippen molar-refractivity contribution in [1.29, 1.82) is 0 Å². The zero-order chi connectivity index (χ0) is 8.97. The molecule has 1 rings (SSSR count). The molecule has 0 atom stereocenters. The first-order valence-corrected chi connectivity index (χ1v) is 3.46. The number of nitrogens with zero attached hydrogens (tertiary/aromatic N) is 2. The zero-order valence-corrected chi connectivity index (χ0v) is 6.61. The molecule has 0 bridgehead atoms. The number of nitrogens with one attached hydrogen (secondary N) is 1. The Labute approximate surface area is 69.0 Å². The van der Waals surface area contributed by atoms with E-state index < -0.39 is 5.97 Å². The summed E-state index contributed by atoms with van der Waals surface area (Å²) in [6.45, 7) is -0.0952. The van der Waals surface area contributed by atoms with Gasteiger partial charge in [-0.05, 0) is 0 Å². The highest BCUT2D eigenvalue weighted by atomic mass is 16.5. The number of esters is 1. The number of rotatable bonds is 4. The minimum atomic E-state index is -0.465. The van der Waals surface area contributed by atoms with Gasteiger partial charge >= 0.3 is 5.97 Å². The molecule has 0 aromatic heterocycles. The minimum Gasteiger partial charge on any atom is -0.468 e. The van der Waals surface area contributed by atoms with Gasteiger partial charge in [0.25, 0.3) is 0 Å². The molecular formula is C6H9N3O3. The van der Waals surface area contributed by atoms with Crippen molar-refractivity contribution < 1.29 is 14.3 Å². The van der Waals surface area contributed by atoms with Crippen molar-refractivity contribution in [3.8, 4) is 0 Å². The Morgan fingerprint density at radius 2 is 2.17 bits per heavy atom. The normalized spacial score (nSPS) is 14.1. The first-order chi connectivity index (χ1) is 5.72. The number of carbonyl (C=O) groups is 2. The van der Waals surface area contributed by atoms with E-state index in [-0.39, 0.29) is 25.0 Å². The number of amides is 1. The van der Waals surface area contributed by atoms with Gasteiger partial charge in [-0.2, -0.15) is 10.2 Å². The Balaban J connectivity index is 2.05. The Morgan fingerprint density at radius 1 is 1.50 bits per heavy atom. The lowest BCUT2D eigenvalue weighted by Gasteiger charge is -2.00. The summed E-state index contributed by atoms with van der Waals surface area (Å²) in [6.07, 6.45) is 0.0272. The van der Waals surface area contributed by atoms with Crippen LogP contribution in [0.2, 0.25) is 0 Å². The van der Waals surface area contributed by atoms with Gasteiger partial charge in [0.2, 0.25) is 5.91 Å². The van der Waals surface area contributed by atoms with E-state index in [1.54, 1.807) is 0 Å². The lowest BCUT2D eigenvalue weighted by molar-refractivity contribution is -0.141. The van der Waals surface area contributed by atoms with E-state index in [1.165, 1.54) is 7.11 Å². The first kappa shape index (κ1) is 8.63. The van der Waals surface area contributed by atoms with E-state index in [0.29, 0.717) is 0 Å². The van der Waals surface area contributed by atoms with Gasteiger partial charge in [-0.15, -0.1) is 0 Å². The van der Waals surface area contributed by atoms with Crippen LogP contribution in [0, 0.1) is 0 Å². The molecule has 0 radical (unpaired) electrons. The van der Waals surface area contributed by atoms with Crippen LogP contribution in [0.25, 0.3) is 0 Å². The van der Waals surface area contributed by atoms with Crippen molar-refractivity contribution in [1.82, 2.24) is 5.32 Å². The number of hydrogen-bond donors (Lipinski definition) is 1. The second kappa shape index (κ2) is 3.80. The average molecular weight is 171 g/mol. The monoisotopic (exact) mass is 171 g/mol. The summed E-state index contributed by atoms with van der Waals surface area (Å²) in [7, 11) is 1.26. The van der Waals surface area contributed by atoms with Crippen molar-refractivity contribution in [3.63, 3.8) is 0 Å². The van der Waals surface area contributed by atoms with Crippen molar-refractivity contribution >= 4 is 11.9 Å². The predicted molar refractivity (Wildman–Crippen MR) is 38.3 cm³/mol. The molecule has 0 aromatic rings. The third kappa shape index (κ3) is 3.09. The van der Waals surface area contributed by atoms with Gasteiger partial charge < -0.3 is 10.1 Å². The van der Waals surface area contributed by atoms with Crippen LogP contribution in [-0.2, 0) is 14.3 Å². The Kier molecular flexibility index (Phi) is 2.73. The van der Waals surface area contributed by atoms with Crippen molar-refractivity contribution in [2.24, 2.45) is 10.2 Å². The maximum atomic E-state index is 10.9. The molecule has 0 aliphatic carbocycles. The highest BCUT2D eigenvalue weighted by molar-refractivity contribution is 5.82. The first-order valence-electron chi connectivity index (χ1n) is 3.46. The van der Waals surface area contributed by atoms with Gasteiger partial charge in [0.05, 0.1) is 13.5 Å². The van der Waals surface area contributed by atoms with Crippen LogP contribution in [0.3, 0.4) is 0 Å². The molecule has 6 heteroatoms. The van der Waals surface area contributed by atoms with Crippen LogP contribution in [-0.4, -0.2) is 31.7 Å². The molecule has 6 nitrogen and oxygen atoms in total. The number of ether oxygens (including phenoxy) is 1. The molecule has 12 heavy (non-hydrogen) atoms. The van der Waals surface area contributed by atoms with E-state index in [1.807, 2.05) is 0 Å². The molecular weight excluding hydrogens is 162 g/mol. The molecule has 0 spiro atoms. The smallest absolute Gasteiger partial charge is 0.325 e. The Bertz CT molecular complexity index is 220. The lowest BCUT2D eigenvalue weighted by atomic mass is 10.3. The summed E-state index contributed by atoms with van der Waals surface area (Å²) >= 11 is 0. The quantitative estimate of drug-likeness (QED) is 0.576. The molecule has 1 heterocycles. The molecule has 0 saturated carbocycles. The summed E-state index contributed by atoms with van der Waals surface area (Å²) < 4.78 is 4.32. The van der Waals surface area contributed by atoms with E-state index in [9.17, 15) is 9.59 Å². The van der Waals surface area contributed by atoms with Crippen LogP contribution in [0.4, 0.5) is 0 Å². The summed E-state index contributed by atoms with van der Waals surface area (Å²) in [5, 5.41) is 9.45. The second-order valence-corrected chi connectivity index (χ2v) is 2.27. The van der Waals surface area contributed by atoms with Gasteiger partial charge in [-0.1, -0.05) is 0 Å². The van der Waals surface area contributed by atoms with Gasteiger partial charge in [0.1, 0.15) is 6.54 Å². The van der Waals surface area contributed by atoms with Gasteiger partial charge in [0.15, 0.2) is 6.17 Å². The molecule has 66 valence electrons. The summed E-state index contributed by atoms with van der Waals surface area (Å²) in [6, 6.07) is 0. The largest absolute Gasteiger partial charge is 0.468 e. The third-order valence-corrected chi connectivity index (χ3v) is 1.30. The topological polar surface area (TPSA) is 80.1 Å². The van der Waals surface area contributed by atoms with E-state index in [4.69, 9.17) is 0 Å². The lowest BCUT2D eigenvalue weighted by Crippen LogP contribution is -2.30. The van der Waals surface area contributed by atoms with E-state index in [0.717, 1.165) is 0 Å². The van der Waals surface area contributed by atoms with Crippen LogP contribution in [0.1, 0.15) is 6.42 Å². The Morgan fingerprint density at radius 3 is 2.67 bits per heavy atom. The molecule has 0 aromatic carbocycles. The molecule has 1 N–H and O–H groups in total. The minimum absolute atomic E-state index is 0.0952. The average Bonchev–Trinajstić information content (AvgIpc) is 2.84. The summed E-state index contributed by atoms with van der Waals surface area (Å²) in [4.78, 5) is 21.4. The molecule has 1 aliphatic heterocycles. The van der Waals surface area contributed by atoms with Crippen molar-refractivity contribution in [2.75, 3.05) is 13.7 Å². The number of methoxy groups -OCH3 is 1. The molecule has 1 amide bonds. The molecule has 0 saturated heterocycles. The molecule has 0 unspecified atom stereocenters. The maximum absolute atomic E-state index is 10.9. The van der Waals surface area contributed by atoms with Crippen molar-refractivity contribution in [2.45, 2.75) is 12.6 Å². The highest BCUT2D eigenvalue weighted by Gasteiger charge is 2.20. The standard InChI is InChI=1S/C6H9N3O3/c1-12-6(11)3-7-5(10)2-4-8-9-4/h4H,2-3H2,1H3,(H,7,10). The van der Waals surface area contributed by atoms with E-state index >= 15 is 0 Å². The van der Waals surface area contributed by atoms with Crippen molar-refractivity contribution in [3.05, 3.63) is 0 Å². The fourth-order valence-corrected chi connectivity index (χ4v) is 0.610. The number of hydrogen-bond acceptors (Lipinski definition) is 5. The summed E-state index contributed by atoms with van der Waals surface area (Å²) in [5.41, 5.74) is 0. The van der Waals surface area contributed by atoms with Crippen LogP contribution < -0.4 is 5.32 Å². The van der Waals surface area contributed by atoms with Gasteiger partial charge in [-0.3, -0.25) is 9.59 Å². The Hall–Kier alpha value is -1.46. The molecule has 1 aliphatic rings. The SMILES string of the molecule is COC(=O)CNC(=O)CC1N=N1. The maximum Gasteiger partial charge on any atom is 0.325 e.